The number of pyridine rings is 1. The van der Waals surface area contributed by atoms with Gasteiger partial charge in [-0.1, -0.05) is 17.7 Å². The third-order valence-corrected chi connectivity index (χ3v) is 2.41. The summed E-state index contributed by atoms with van der Waals surface area (Å²) in [4.78, 5) is 2.96. The summed E-state index contributed by atoms with van der Waals surface area (Å²) in [5, 5.41) is 2.49. The van der Waals surface area contributed by atoms with E-state index in [-0.39, 0.29) is 10.7 Å². The number of hydrogen-bond donors (Lipinski definition) is 2. The number of nitrogens with one attached hydrogen (secondary N) is 1. The number of nitrogen functional groups attached to an aromatic ring is 1. The topological polar surface area (TPSA) is 50.9 Å². The summed E-state index contributed by atoms with van der Waals surface area (Å²) in [5.41, 5.74) is 6.79. The van der Waals surface area contributed by atoms with Gasteiger partial charge in [-0.2, -0.15) is 13.8 Å². The van der Waals surface area contributed by atoms with Crippen molar-refractivity contribution in [3.8, 4) is 0 Å². The predicted octanol–water partition coefficient (Wildman–Crippen LogP) is 3.34. The van der Waals surface area contributed by atoms with Gasteiger partial charge in [0.25, 0.3) is 0 Å². The van der Waals surface area contributed by atoms with Crippen LogP contribution in [0.15, 0.2) is 30.3 Å². The SMILES string of the molecule is Nc1cccc(Nc2cc(F)nc(F)c2Cl)c1. The van der Waals surface area contributed by atoms with Crippen LogP contribution in [0.25, 0.3) is 0 Å². The van der Waals surface area contributed by atoms with Crippen LogP contribution in [-0.4, -0.2) is 4.98 Å². The van der Waals surface area contributed by atoms with E-state index in [1.165, 1.54) is 0 Å². The third kappa shape index (κ3) is 2.62. The van der Waals surface area contributed by atoms with Crippen molar-refractivity contribution in [2.24, 2.45) is 0 Å². The quantitative estimate of drug-likeness (QED) is 0.639. The van der Waals surface area contributed by atoms with E-state index in [0.29, 0.717) is 11.4 Å². The zero-order valence-corrected chi connectivity index (χ0v) is 9.30. The van der Waals surface area contributed by atoms with Gasteiger partial charge < -0.3 is 11.1 Å². The Hall–Kier alpha value is -1.88. The van der Waals surface area contributed by atoms with E-state index in [0.717, 1.165) is 6.07 Å². The smallest absolute Gasteiger partial charge is 0.236 e. The summed E-state index contributed by atoms with van der Waals surface area (Å²) in [6.45, 7) is 0. The van der Waals surface area contributed by atoms with Crippen LogP contribution in [0.1, 0.15) is 0 Å². The second-order valence-corrected chi connectivity index (χ2v) is 3.73. The summed E-state index contributed by atoms with van der Waals surface area (Å²) in [6.07, 6.45) is 0. The van der Waals surface area contributed by atoms with Gasteiger partial charge >= 0.3 is 0 Å². The highest BCUT2D eigenvalue weighted by Crippen LogP contribution is 2.28. The van der Waals surface area contributed by atoms with Crippen molar-refractivity contribution >= 4 is 28.7 Å². The molecule has 1 heterocycles. The Labute approximate surface area is 101 Å². The van der Waals surface area contributed by atoms with Crippen LogP contribution in [0, 0.1) is 11.9 Å². The maximum Gasteiger partial charge on any atom is 0.236 e. The normalized spacial score (nSPS) is 10.3. The van der Waals surface area contributed by atoms with E-state index in [9.17, 15) is 8.78 Å². The first-order valence-corrected chi connectivity index (χ1v) is 5.08. The van der Waals surface area contributed by atoms with Crippen molar-refractivity contribution in [1.82, 2.24) is 4.98 Å². The Bertz CT molecular complexity index is 560. The average Bonchev–Trinajstić information content (AvgIpc) is 2.25. The molecule has 17 heavy (non-hydrogen) atoms. The van der Waals surface area contributed by atoms with E-state index in [4.69, 9.17) is 17.3 Å². The Morgan fingerprint density at radius 3 is 2.71 bits per heavy atom. The molecule has 0 atom stereocenters. The minimum absolute atomic E-state index is 0.0993. The van der Waals surface area contributed by atoms with Crippen LogP contribution in [0.2, 0.25) is 5.02 Å². The lowest BCUT2D eigenvalue weighted by atomic mass is 10.2. The first-order chi connectivity index (χ1) is 8.06. The molecule has 0 unspecified atom stereocenters. The fourth-order valence-electron chi connectivity index (χ4n) is 1.33. The lowest BCUT2D eigenvalue weighted by Gasteiger charge is -2.09. The lowest BCUT2D eigenvalue weighted by Crippen LogP contribution is -1.98. The Morgan fingerprint density at radius 1 is 1.24 bits per heavy atom. The fraction of sp³-hybridized carbons (Fsp3) is 0. The Kier molecular flexibility index (Phi) is 3.10. The number of benzene rings is 1. The molecule has 0 fully saturated rings. The van der Waals surface area contributed by atoms with Crippen molar-refractivity contribution in [3.63, 3.8) is 0 Å². The van der Waals surface area contributed by atoms with E-state index in [1.54, 1.807) is 24.3 Å². The zero-order chi connectivity index (χ0) is 12.4. The summed E-state index contributed by atoms with van der Waals surface area (Å²) in [7, 11) is 0. The number of aromatic nitrogens is 1. The van der Waals surface area contributed by atoms with E-state index in [1.807, 2.05) is 0 Å². The van der Waals surface area contributed by atoms with Crippen LogP contribution in [0.5, 0.6) is 0 Å². The first-order valence-electron chi connectivity index (χ1n) is 4.70. The van der Waals surface area contributed by atoms with Gasteiger partial charge in [-0.15, -0.1) is 0 Å². The van der Waals surface area contributed by atoms with Gasteiger partial charge in [-0.25, -0.2) is 0 Å². The van der Waals surface area contributed by atoms with Crippen molar-refractivity contribution < 1.29 is 8.78 Å². The van der Waals surface area contributed by atoms with Crippen molar-refractivity contribution in [2.75, 3.05) is 11.1 Å². The molecule has 0 amide bonds. The molecule has 0 aliphatic carbocycles. The second kappa shape index (κ2) is 4.55. The molecule has 0 saturated carbocycles. The highest BCUT2D eigenvalue weighted by Gasteiger charge is 2.10. The van der Waals surface area contributed by atoms with Crippen molar-refractivity contribution in [2.45, 2.75) is 0 Å². The van der Waals surface area contributed by atoms with Gasteiger partial charge in [0.2, 0.25) is 11.9 Å². The number of hydrogen-bond acceptors (Lipinski definition) is 3. The molecule has 0 saturated heterocycles. The first kappa shape index (κ1) is 11.6. The van der Waals surface area contributed by atoms with Crippen LogP contribution in [0.3, 0.4) is 0 Å². The summed E-state index contributed by atoms with van der Waals surface area (Å²) in [5.74, 6) is -2.00. The Balaban J connectivity index is 2.36. The number of nitrogens with two attached hydrogens (primary N) is 1. The minimum atomic E-state index is -1.06. The standard InChI is InChI=1S/C11H8ClF2N3/c12-10-8(5-9(13)17-11(10)14)16-7-3-1-2-6(15)4-7/h1-5H,15H2,(H,16,17). The average molecular weight is 256 g/mol. The fourth-order valence-corrected chi connectivity index (χ4v) is 1.48. The number of nitrogens with zero attached hydrogens (tertiary/aromatic N) is 1. The van der Waals surface area contributed by atoms with Crippen LogP contribution >= 0.6 is 11.6 Å². The van der Waals surface area contributed by atoms with Crippen molar-refractivity contribution in [3.05, 3.63) is 47.2 Å². The van der Waals surface area contributed by atoms with E-state index in [2.05, 4.69) is 10.3 Å². The largest absolute Gasteiger partial charge is 0.399 e. The molecule has 0 radical (unpaired) electrons. The summed E-state index contributed by atoms with van der Waals surface area (Å²) < 4.78 is 26.0. The molecule has 0 bridgehead atoms. The molecule has 0 aliphatic heterocycles. The minimum Gasteiger partial charge on any atom is -0.399 e. The number of halogens is 3. The molecule has 3 nitrogen and oxygen atoms in total. The highest BCUT2D eigenvalue weighted by atomic mass is 35.5. The Morgan fingerprint density at radius 2 is 2.00 bits per heavy atom. The summed E-state index contributed by atoms with van der Waals surface area (Å²) >= 11 is 5.66. The van der Waals surface area contributed by atoms with Gasteiger partial charge in [-0.3, -0.25) is 0 Å². The van der Waals surface area contributed by atoms with Gasteiger partial charge in [0.05, 0.1) is 5.69 Å². The summed E-state index contributed by atoms with van der Waals surface area (Å²) in [6, 6.07) is 7.73. The maximum absolute atomic E-state index is 13.1. The molecule has 88 valence electrons. The highest BCUT2D eigenvalue weighted by molar-refractivity contribution is 6.33. The van der Waals surface area contributed by atoms with E-state index >= 15 is 0 Å². The van der Waals surface area contributed by atoms with Gasteiger partial charge in [-0.05, 0) is 18.2 Å². The molecule has 2 rings (SSSR count). The monoisotopic (exact) mass is 255 g/mol. The van der Waals surface area contributed by atoms with Gasteiger partial charge in [0.15, 0.2) is 0 Å². The number of rotatable bonds is 2. The molecule has 0 spiro atoms. The molecule has 1 aromatic carbocycles. The van der Waals surface area contributed by atoms with E-state index < -0.39 is 11.9 Å². The molecule has 1 aromatic heterocycles. The molecular weight excluding hydrogens is 248 g/mol. The number of anilines is 3. The van der Waals surface area contributed by atoms with Gasteiger partial charge in [0, 0.05) is 17.4 Å². The third-order valence-electron chi connectivity index (χ3n) is 2.05. The molecule has 3 N–H and O–H groups in total. The van der Waals surface area contributed by atoms with Crippen LogP contribution in [-0.2, 0) is 0 Å². The van der Waals surface area contributed by atoms with Crippen molar-refractivity contribution in [1.29, 1.82) is 0 Å². The molecule has 2 aromatic rings. The second-order valence-electron chi connectivity index (χ2n) is 3.35. The van der Waals surface area contributed by atoms with Gasteiger partial charge in [0.1, 0.15) is 5.02 Å². The van der Waals surface area contributed by atoms with Crippen LogP contribution in [0.4, 0.5) is 25.8 Å². The lowest BCUT2D eigenvalue weighted by molar-refractivity contribution is 0.514. The molecule has 0 aliphatic rings. The molecular formula is C11H8ClF2N3. The van der Waals surface area contributed by atoms with Crippen LogP contribution < -0.4 is 11.1 Å². The zero-order valence-electron chi connectivity index (χ0n) is 8.55. The predicted molar refractivity (Wildman–Crippen MR) is 63.3 cm³/mol. The maximum atomic E-state index is 13.1. The molecule has 6 heteroatoms.